The van der Waals surface area contributed by atoms with E-state index in [2.05, 4.69) is 22.6 Å². The van der Waals surface area contributed by atoms with Gasteiger partial charge >= 0.3 is 6.09 Å². The summed E-state index contributed by atoms with van der Waals surface area (Å²) in [7, 11) is 0. The molecule has 0 saturated carbocycles. The molecule has 0 aliphatic heterocycles. The van der Waals surface area contributed by atoms with Gasteiger partial charge in [-0.3, -0.25) is 4.57 Å². The van der Waals surface area contributed by atoms with Crippen molar-refractivity contribution >= 4 is 39.6 Å². The van der Waals surface area contributed by atoms with Crippen LogP contribution >= 0.6 is 22.6 Å². The van der Waals surface area contributed by atoms with Crippen LogP contribution in [0.4, 0.5) is 4.79 Å². The van der Waals surface area contributed by atoms with Gasteiger partial charge in [-0.1, -0.05) is 40.8 Å². The van der Waals surface area contributed by atoms with Gasteiger partial charge in [-0.15, -0.1) is 0 Å². The van der Waals surface area contributed by atoms with Crippen molar-refractivity contribution in [3.8, 4) is 0 Å². The minimum absolute atomic E-state index is 0.768. The van der Waals surface area contributed by atoms with Gasteiger partial charge in [0.05, 0.1) is 5.52 Å². The summed E-state index contributed by atoms with van der Waals surface area (Å²) in [5.41, 5.74) is 1.87. The summed E-state index contributed by atoms with van der Waals surface area (Å²) in [6.07, 6.45) is 1.69. The molecule has 3 nitrogen and oxygen atoms in total. The van der Waals surface area contributed by atoms with Gasteiger partial charge in [0.25, 0.3) is 0 Å². The van der Waals surface area contributed by atoms with E-state index in [0.29, 0.717) is 0 Å². The van der Waals surface area contributed by atoms with E-state index in [0.717, 1.165) is 27.3 Å². The number of carbonyl (C=O) groups is 1. The lowest BCUT2D eigenvalue weighted by Gasteiger charge is -1.95. The molecule has 0 spiro atoms. The van der Waals surface area contributed by atoms with E-state index in [1.165, 1.54) is 4.57 Å². The minimum atomic E-state index is -0.925. The highest BCUT2D eigenvalue weighted by Gasteiger charge is 2.10. The van der Waals surface area contributed by atoms with Crippen molar-refractivity contribution in [3.05, 3.63) is 36.0 Å². The van der Waals surface area contributed by atoms with Gasteiger partial charge in [-0.25, -0.2) is 4.79 Å². The Bertz CT molecular complexity index is 504. The monoisotopic (exact) mass is 315 g/mol. The molecule has 0 fully saturated rings. The molecule has 15 heavy (non-hydrogen) atoms. The van der Waals surface area contributed by atoms with E-state index >= 15 is 0 Å². The zero-order chi connectivity index (χ0) is 10.8. The Morgan fingerprint density at radius 1 is 1.40 bits per heavy atom. The molecule has 0 atom stereocenters. The van der Waals surface area contributed by atoms with Crippen molar-refractivity contribution in [2.45, 2.75) is 6.42 Å². The molecule has 0 aliphatic rings. The molecule has 0 radical (unpaired) electrons. The number of alkyl halides is 1. The molecule has 4 heteroatoms. The minimum Gasteiger partial charge on any atom is -0.464 e. The number of rotatable bonds is 2. The van der Waals surface area contributed by atoms with Crippen molar-refractivity contribution < 1.29 is 9.90 Å². The summed E-state index contributed by atoms with van der Waals surface area (Å²) >= 11 is 2.29. The van der Waals surface area contributed by atoms with Crippen LogP contribution in [0.5, 0.6) is 0 Å². The maximum absolute atomic E-state index is 11.0. The lowest BCUT2D eigenvalue weighted by atomic mass is 10.1. The Balaban J connectivity index is 2.67. The fourth-order valence-electron chi connectivity index (χ4n) is 1.71. The van der Waals surface area contributed by atoms with Gasteiger partial charge in [0.15, 0.2) is 0 Å². The van der Waals surface area contributed by atoms with Gasteiger partial charge in [-0.05, 0) is 18.1 Å². The first-order valence-electron chi connectivity index (χ1n) is 4.62. The predicted octanol–water partition coefficient (Wildman–Crippen LogP) is 3.14. The fraction of sp³-hybridized carbons (Fsp3) is 0.182. The number of halogens is 1. The second-order valence-electron chi connectivity index (χ2n) is 3.26. The third-order valence-electron chi connectivity index (χ3n) is 2.36. The Labute approximate surface area is 101 Å². The summed E-state index contributed by atoms with van der Waals surface area (Å²) in [5.74, 6) is 0. The first-order valence-corrected chi connectivity index (χ1v) is 6.15. The van der Waals surface area contributed by atoms with E-state index in [4.69, 9.17) is 5.11 Å². The topological polar surface area (TPSA) is 42.2 Å². The maximum Gasteiger partial charge on any atom is 0.416 e. The number of nitrogens with zero attached hydrogens (tertiary/aromatic N) is 1. The van der Waals surface area contributed by atoms with E-state index in [1.54, 1.807) is 6.20 Å². The molecule has 0 amide bonds. The van der Waals surface area contributed by atoms with Crippen molar-refractivity contribution in [1.29, 1.82) is 0 Å². The zero-order valence-electron chi connectivity index (χ0n) is 7.98. The number of para-hydroxylation sites is 1. The molecule has 0 bridgehead atoms. The fourth-order valence-corrected chi connectivity index (χ4v) is 2.29. The lowest BCUT2D eigenvalue weighted by molar-refractivity contribution is 0.197. The van der Waals surface area contributed by atoms with Gasteiger partial charge in [0.2, 0.25) is 0 Å². The second kappa shape index (κ2) is 4.22. The molecule has 2 rings (SSSR count). The van der Waals surface area contributed by atoms with E-state index in [1.807, 2.05) is 24.3 Å². The molecule has 0 unspecified atom stereocenters. The lowest BCUT2D eigenvalue weighted by Crippen LogP contribution is -2.05. The highest BCUT2D eigenvalue weighted by molar-refractivity contribution is 14.1. The highest BCUT2D eigenvalue weighted by Crippen LogP contribution is 2.21. The number of fused-ring (bicyclic) bond motifs is 1. The SMILES string of the molecule is O=C(O)n1cc(CCI)c2ccccc21. The summed E-state index contributed by atoms with van der Waals surface area (Å²) in [6, 6.07) is 7.59. The maximum atomic E-state index is 11.0. The molecule has 1 aromatic carbocycles. The summed E-state index contributed by atoms with van der Waals surface area (Å²) in [4.78, 5) is 11.0. The van der Waals surface area contributed by atoms with Gasteiger partial charge in [0.1, 0.15) is 0 Å². The number of hydrogen-bond donors (Lipinski definition) is 1. The molecule has 2 aromatic rings. The van der Waals surface area contributed by atoms with Crippen molar-refractivity contribution in [1.82, 2.24) is 4.57 Å². The third kappa shape index (κ3) is 1.86. The summed E-state index contributed by atoms with van der Waals surface area (Å²) in [5, 5.41) is 10.1. The first-order chi connectivity index (χ1) is 7.24. The average molecular weight is 315 g/mol. The zero-order valence-corrected chi connectivity index (χ0v) is 10.1. The Kier molecular flexibility index (Phi) is 2.95. The van der Waals surface area contributed by atoms with Crippen LogP contribution in [0.15, 0.2) is 30.5 Å². The Morgan fingerprint density at radius 2 is 2.13 bits per heavy atom. The van der Waals surface area contributed by atoms with Gasteiger partial charge in [0, 0.05) is 16.0 Å². The normalized spacial score (nSPS) is 10.7. The van der Waals surface area contributed by atoms with Gasteiger partial charge < -0.3 is 5.11 Å². The van der Waals surface area contributed by atoms with Crippen molar-refractivity contribution in [2.24, 2.45) is 0 Å². The highest BCUT2D eigenvalue weighted by atomic mass is 127. The summed E-state index contributed by atoms with van der Waals surface area (Å²) < 4.78 is 2.28. The van der Waals surface area contributed by atoms with Crippen LogP contribution in [-0.4, -0.2) is 20.2 Å². The third-order valence-corrected chi connectivity index (χ3v) is 2.90. The standard InChI is InChI=1S/C11H10INO2/c12-6-5-8-7-13(11(14)15)10-4-2-1-3-9(8)10/h1-4,7H,5-6H2,(H,14,15). The Morgan fingerprint density at radius 3 is 2.80 bits per heavy atom. The van der Waals surface area contributed by atoms with E-state index in [-0.39, 0.29) is 0 Å². The summed E-state index contributed by atoms with van der Waals surface area (Å²) in [6.45, 7) is 0. The predicted molar refractivity (Wildman–Crippen MR) is 68.0 cm³/mol. The number of aromatic nitrogens is 1. The molecule has 78 valence electrons. The van der Waals surface area contributed by atoms with Crippen LogP contribution < -0.4 is 0 Å². The van der Waals surface area contributed by atoms with Gasteiger partial charge in [-0.2, -0.15) is 0 Å². The Hall–Kier alpha value is -1.04. The largest absolute Gasteiger partial charge is 0.464 e. The van der Waals surface area contributed by atoms with E-state index in [9.17, 15) is 4.79 Å². The van der Waals surface area contributed by atoms with Crippen LogP contribution in [0, 0.1) is 0 Å². The number of hydrogen-bond acceptors (Lipinski definition) is 1. The van der Waals surface area contributed by atoms with Crippen LogP contribution in [0.25, 0.3) is 10.9 Å². The second-order valence-corrected chi connectivity index (χ2v) is 4.34. The molecular weight excluding hydrogens is 305 g/mol. The van der Waals surface area contributed by atoms with Crippen LogP contribution in [-0.2, 0) is 6.42 Å². The first kappa shape index (κ1) is 10.5. The van der Waals surface area contributed by atoms with Crippen LogP contribution in [0.1, 0.15) is 5.56 Å². The smallest absolute Gasteiger partial charge is 0.416 e. The molecule has 0 saturated heterocycles. The van der Waals surface area contributed by atoms with Crippen LogP contribution in [0.3, 0.4) is 0 Å². The quantitative estimate of drug-likeness (QED) is 0.683. The molecule has 1 heterocycles. The molecule has 0 aliphatic carbocycles. The number of benzene rings is 1. The molecular formula is C11H10INO2. The molecule has 1 aromatic heterocycles. The van der Waals surface area contributed by atoms with Crippen LogP contribution in [0.2, 0.25) is 0 Å². The van der Waals surface area contributed by atoms with Crippen molar-refractivity contribution in [3.63, 3.8) is 0 Å². The van der Waals surface area contributed by atoms with Crippen molar-refractivity contribution in [2.75, 3.05) is 4.43 Å². The number of aryl methyl sites for hydroxylation is 1. The number of carboxylic acid groups (broad SMARTS) is 1. The molecule has 1 N–H and O–H groups in total. The average Bonchev–Trinajstić information content (AvgIpc) is 2.59. The van der Waals surface area contributed by atoms with E-state index < -0.39 is 6.09 Å².